The fraction of sp³-hybridized carbons (Fsp3) is 0.826. The summed E-state index contributed by atoms with van der Waals surface area (Å²) in [5.74, 6) is -0.205. The van der Waals surface area contributed by atoms with E-state index < -0.39 is 42.2 Å². The van der Waals surface area contributed by atoms with E-state index >= 15 is 0 Å². The van der Waals surface area contributed by atoms with E-state index in [2.05, 4.69) is 27.8 Å². The van der Waals surface area contributed by atoms with E-state index in [-0.39, 0.29) is 18.3 Å². The number of carbonyl (C=O) groups is 1. The third kappa shape index (κ3) is 14.8. The Morgan fingerprint density at radius 1 is 1.11 bits per heavy atom. The number of hydrogen-bond donors (Lipinski definition) is 6. The zero-order valence-electron chi connectivity index (χ0n) is 21.0. The van der Waals surface area contributed by atoms with E-state index in [9.17, 15) is 25.5 Å². The monoisotopic (exact) mass is 521 g/mol. The second-order valence-corrected chi connectivity index (χ2v) is 9.07. The van der Waals surface area contributed by atoms with Crippen LogP contribution in [0, 0.1) is 22.3 Å². The minimum atomic E-state index is -1.57. The van der Waals surface area contributed by atoms with Gasteiger partial charge in [0.2, 0.25) is 0 Å². The minimum Gasteiger partial charge on any atom is -0.566 e. The molecular weight excluding hydrogens is 478 g/mol. The maximum Gasteiger partial charge on any atom is 0.306 e. The van der Waals surface area contributed by atoms with Gasteiger partial charge in [-0.1, -0.05) is 73.5 Å². The van der Waals surface area contributed by atoms with Gasteiger partial charge in [-0.15, -0.1) is 0 Å². The molecule has 1 aliphatic rings. The summed E-state index contributed by atoms with van der Waals surface area (Å²) in [4.78, 5) is 20.7. The van der Waals surface area contributed by atoms with Crippen molar-refractivity contribution in [1.29, 1.82) is 0 Å². The summed E-state index contributed by atoms with van der Waals surface area (Å²) in [6.07, 6.45) is 12.0. The summed E-state index contributed by atoms with van der Waals surface area (Å²) in [6, 6.07) is 0. The Morgan fingerprint density at radius 3 is 2.39 bits per heavy atom. The number of unbranched alkanes of at least 4 members (excludes halogenated alkanes) is 5. The largest absolute Gasteiger partial charge is 0.566 e. The Kier molecular flexibility index (Phi) is 17.5. The molecule has 0 amide bonds. The summed E-state index contributed by atoms with van der Waals surface area (Å²) in [7, 11) is 0. The molecule has 36 heavy (non-hydrogen) atoms. The number of rotatable bonds is 20. The van der Waals surface area contributed by atoms with Gasteiger partial charge in [-0.05, 0) is 38.0 Å². The molecule has 13 heteroatoms. The van der Waals surface area contributed by atoms with Gasteiger partial charge < -0.3 is 25.5 Å². The predicted octanol–water partition coefficient (Wildman–Crippen LogP) is 1.000. The van der Waals surface area contributed by atoms with Crippen molar-refractivity contribution < 1.29 is 50.7 Å². The standard InChI is InChI=1S/C23H43N3O10/c1-2-3-6-9-19(27)14-12-18-13-15-22(24-29)21(18)10-7-4-5-8-11-23(28)36-20(16-34-25(30)31)17-35-26(32)33/h12,14,18-21,25-27,29-30,32H,2-11,13,15-17H2,1H3/b14-12+,24-22?/t18-,19-,21+/m0/s1. The lowest BCUT2D eigenvalue weighted by molar-refractivity contribution is -1.21. The first kappa shape index (κ1) is 32.3. The van der Waals surface area contributed by atoms with Crippen LogP contribution in [0.15, 0.2) is 17.3 Å². The molecule has 1 rings (SSSR count). The minimum absolute atomic E-state index is 0.102. The van der Waals surface area contributed by atoms with Gasteiger partial charge in [-0.2, -0.15) is 20.1 Å². The molecule has 0 spiro atoms. The van der Waals surface area contributed by atoms with Crippen molar-refractivity contribution >= 4 is 11.7 Å². The highest BCUT2D eigenvalue weighted by Gasteiger charge is 2.31. The SMILES string of the molecule is CCCCC[C@H](O)/C=C/[C@H]1CCC(=NO)[C@@H]1CCCCCCC(=O)OC(CO[NH+]([O-])O)CO[NH+]([O-])O. The number of hydrogen-bond acceptors (Lipinski definition) is 11. The van der Waals surface area contributed by atoms with Crippen LogP contribution in [-0.2, 0) is 19.2 Å². The number of carbonyl (C=O) groups excluding carboxylic acids is 1. The Bertz CT molecular complexity index is 636. The molecule has 0 aromatic rings. The molecule has 0 aromatic heterocycles. The molecule has 0 saturated heterocycles. The first-order chi connectivity index (χ1) is 17.3. The average molecular weight is 522 g/mol. The van der Waals surface area contributed by atoms with Gasteiger partial charge in [0.1, 0.15) is 0 Å². The molecule has 0 aromatic carbocycles. The quantitative estimate of drug-likeness (QED) is 0.0442. The number of aliphatic hydroxyl groups is 1. The third-order valence-electron chi connectivity index (χ3n) is 6.22. The van der Waals surface area contributed by atoms with E-state index in [0.717, 1.165) is 69.9 Å². The topological polar surface area (TPSA) is 193 Å². The lowest BCUT2D eigenvalue weighted by atomic mass is 9.89. The molecule has 5 atom stereocenters. The molecule has 0 aliphatic heterocycles. The van der Waals surface area contributed by atoms with Crippen LogP contribution in [0.25, 0.3) is 0 Å². The summed E-state index contributed by atoms with van der Waals surface area (Å²) < 4.78 is 5.07. The van der Waals surface area contributed by atoms with E-state index in [1.807, 2.05) is 6.08 Å². The van der Waals surface area contributed by atoms with Crippen molar-refractivity contribution in [1.82, 2.24) is 0 Å². The Morgan fingerprint density at radius 2 is 1.78 bits per heavy atom. The number of aliphatic hydroxyl groups excluding tert-OH is 1. The number of nitrogens with zero attached hydrogens (tertiary/aromatic N) is 1. The van der Waals surface area contributed by atoms with Crippen molar-refractivity contribution in [3.8, 4) is 0 Å². The fourth-order valence-electron chi connectivity index (χ4n) is 4.33. The molecular formula is C23H43N3O10. The van der Waals surface area contributed by atoms with Gasteiger partial charge in [0.15, 0.2) is 19.3 Å². The second kappa shape index (κ2) is 19.4. The van der Waals surface area contributed by atoms with Gasteiger partial charge >= 0.3 is 5.97 Å². The predicted molar refractivity (Wildman–Crippen MR) is 126 cm³/mol. The van der Waals surface area contributed by atoms with Crippen LogP contribution in [0.5, 0.6) is 0 Å². The van der Waals surface area contributed by atoms with Crippen LogP contribution in [0.2, 0.25) is 0 Å². The highest BCUT2D eigenvalue weighted by molar-refractivity contribution is 5.88. The highest BCUT2D eigenvalue weighted by Crippen LogP contribution is 2.35. The smallest absolute Gasteiger partial charge is 0.306 e. The zero-order chi connectivity index (χ0) is 26.8. The average Bonchev–Trinajstić information content (AvgIpc) is 3.23. The molecule has 13 nitrogen and oxygen atoms in total. The molecule has 1 saturated carbocycles. The highest BCUT2D eigenvalue weighted by atomic mass is 17.1. The lowest BCUT2D eigenvalue weighted by Gasteiger charge is -2.19. The van der Waals surface area contributed by atoms with Gasteiger partial charge in [0, 0.05) is 12.3 Å². The summed E-state index contributed by atoms with van der Waals surface area (Å²) >= 11 is 0. The van der Waals surface area contributed by atoms with Crippen LogP contribution in [0.3, 0.4) is 0 Å². The van der Waals surface area contributed by atoms with Gasteiger partial charge in [0.25, 0.3) is 0 Å². The molecule has 0 heterocycles. The van der Waals surface area contributed by atoms with Crippen LogP contribution >= 0.6 is 0 Å². The van der Waals surface area contributed by atoms with Crippen molar-refractivity contribution in [2.45, 2.75) is 96.2 Å². The fourth-order valence-corrected chi connectivity index (χ4v) is 4.33. The first-order valence-electron chi connectivity index (χ1n) is 12.7. The normalized spacial score (nSPS) is 22.7. The Hall–Kier alpha value is -1.68. The van der Waals surface area contributed by atoms with Crippen LogP contribution in [-0.4, -0.2) is 57.8 Å². The molecule has 1 aliphatic carbocycles. The zero-order valence-corrected chi connectivity index (χ0v) is 21.0. The summed E-state index contributed by atoms with van der Waals surface area (Å²) in [6.45, 7) is 1.09. The maximum atomic E-state index is 12.0. The van der Waals surface area contributed by atoms with Crippen molar-refractivity contribution in [3.63, 3.8) is 0 Å². The molecule has 210 valence electrons. The molecule has 2 unspecified atom stereocenters. The van der Waals surface area contributed by atoms with Crippen LogP contribution in [0.4, 0.5) is 0 Å². The van der Waals surface area contributed by atoms with E-state index in [4.69, 9.17) is 15.2 Å². The number of oxime groups is 1. The van der Waals surface area contributed by atoms with Gasteiger partial charge in [-0.25, -0.2) is 0 Å². The summed E-state index contributed by atoms with van der Waals surface area (Å²) in [5, 5.41) is 58.0. The lowest BCUT2D eigenvalue weighted by Crippen LogP contribution is -3.04. The second-order valence-electron chi connectivity index (χ2n) is 9.07. The third-order valence-corrected chi connectivity index (χ3v) is 6.22. The van der Waals surface area contributed by atoms with Gasteiger partial charge in [0.05, 0.1) is 11.8 Å². The maximum absolute atomic E-state index is 12.0. The number of allylic oxidation sites excluding steroid dienone is 1. The molecule has 1 fully saturated rings. The van der Waals surface area contributed by atoms with Crippen LogP contribution in [0.1, 0.15) is 84.0 Å². The Balaban J connectivity index is 2.34. The molecule has 0 radical (unpaired) electrons. The van der Waals surface area contributed by atoms with Gasteiger partial charge in [-0.3, -0.25) is 4.79 Å². The van der Waals surface area contributed by atoms with Crippen molar-refractivity contribution in [2.24, 2.45) is 17.0 Å². The Labute approximate surface area is 211 Å². The summed E-state index contributed by atoms with van der Waals surface area (Å²) in [5.41, 5.74) is 0.798. The van der Waals surface area contributed by atoms with E-state index in [1.54, 1.807) is 0 Å². The number of esters is 1. The first-order valence-corrected chi connectivity index (χ1v) is 12.7. The van der Waals surface area contributed by atoms with Crippen molar-refractivity contribution in [2.75, 3.05) is 13.2 Å². The van der Waals surface area contributed by atoms with E-state index in [0.29, 0.717) is 6.42 Å². The van der Waals surface area contributed by atoms with E-state index in [1.165, 1.54) is 0 Å². The number of nitrogens with one attached hydrogen (secondary N) is 2. The van der Waals surface area contributed by atoms with Crippen LogP contribution < -0.4 is 10.8 Å². The number of quaternary nitrogens is 2. The number of ether oxygens (including phenoxy) is 1. The molecule has 6 N–H and O–H groups in total. The molecule has 0 bridgehead atoms. The van der Waals surface area contributed by atoms with Crippen molar-refractivity contribution in [3.05, 3.63) is 22.6 Å².